The summed E-state index contributed by atoms with van der Waals surface area (Å²) in [5.74, 6) is 0.625. The highest BCUT2D eigenvalue weighted by Crippen LogP contribution is 2.22. The smallest absolute Gasteiger partial charge is 0.339 e. The number of rotatable bonds is 4. The third kappa shape index (κ3) is 3.15. The fourth-order valence-corrected chi connectivity index (χ4v) is 2.72. The zero-order valence-corrected chi connectivity index (χ0v) is 13.4. The van der Waals surface area contributed by atoms with Crippen molar-refractivity contribution < 1.29 is 13.9 Å². The lowest BCUT2D eigenvalue weighted by Crippen LogP contribution is -2.06. The molecule has 1 heterocycles. The molecule has 4 heteroatoms. The lowest BCUT2D eigenvalue weighted by atomic mass is 10.1. The van der Waals surface area contributed by atoms with E-state index in [0.29, 0.717) is 17.2 Å². The number of fused-ring (bicyclic) bond motifs is 1. The second-order valence-electron chi connectivity index (χ2n) is 5.59. The normalized spacial score (nSPS) is 10.7. The highest BCUT2D eigenvalue weighted by molar-refractivity contribution is 6.04. The van der Waals surface area contributed by atoms with Crippen molar-refractivity contribution in [1.29, 1.82) is 0 Å². The molecule has 3 aromatic carbocycles. The topological polar surface area (TPSA) is 52.3 Å². The van der Waals surface area contributed by atoms with Crippen LogP contribution in [0.4, 0.5) is 0 Å². The summed E-state index contributed by atoms with van der Waals surface area (Å²) in [6.07, 6.45) is 1.64. The van der Waals surface area contributed by atoms with Crippen molar-refractivity contribution in [2.24, 2.45) is 0 Å². The first kappa shape index (κ1) is 15.1. The molecule has 0 aliphatic heterocycles. The fraction of sp³-hybridized carbons (Fsp3) is 0.0476. The van der Waals surface area contributed by atoms with E-state index in [4.69, 9.17) is 9.15 Å². The second kappa shape index (κ2) is 6.61. The number of benzene rings is 3. The van der Waals surface area contributed by atoms with Crippen molar-refractivity contribution in [3.05, 3.63) is 90.4 Å². The summed E-state index contributed by atoms with van der Waals surface area (Å²) >= 11 is 0. The van der Waals surface area contributed by atoms with Crippen molar-refractivity contribution in [2.45, 2.75) is 6.61 Å². The molecule has 0 spiro atoms. The van der Waals surface area contributed by atoms with Gasteiger partial charge in [-0.25, -0.2) is 9.78 Å². The lowest BCUT2D eigenvalue weighted by Gasteiger charge is -2.06. The van der Waals surface area contributed by atoms with Gasteiger partial charge >= 0.3 is 5.97 Å². The number of carbonyl (C=O) groups excluding carboxylic acids is 1. The Morgan fingerprint density at radius 3 is 2.56 bits per heavy atom. The van der Waals surface area contributed by atoms with Crippen LogP contribution in [0.15, 0.2) is 83.4 Å². The summed E-state index contributed by atoms with van der Waals surface area (Å²) in [6.45, 7) is -0.00507. The van der Waals surface area contributed by atoms with Crippen LogP contribution in [0.1, 0.15) is 16.2 Å². The Morgan fingerprint density at radius 1 is 0.920 bits per heavy atom. The van der Waals surface area contributed by atoms with Crippen LogP contribution in [0.3, 0.4) is 0 Å². The van der Waals surface area contributed by atoms with Gasteiger partial charge < -0.3 is 9.15 Å². The van der Waals surface area contributed by atoms with Crippen molar-refractivity contribution in [1.82, 2.24) is 4.98 Å². The van der Waals surface area contributed by atoms with Gasteiger partial charge in [0.05, 0.1) is 11.8 Å². The van der Waals surface area contributed by atoms with Crippen molar-refractivity contribution in [3.8, 4) is 11.3 Å². The minimum Gasteiger partial charge on any atom is -0.452 e. The van der Waals surface area contributed by atoms with Crippen LogP contribution in [-0.4, -0.2) is 11.0 Å². The predicted molar refractivity (Wildman–Crippen MR) is 95.0 cm³/mol. The molecule has 4 aromatic rings. The number of hydrogen-bond donors (Lipinski definition) is 0. The number of ether oxygens (including phenoxy) is 1. The summed E-state index contributed by atoms with van der Waals surface area (Å²) in [5.41, 5.74) is 1.47. The van der Waals surface area contributed by atoms with E-state index in [9.17, 15) is 4.79 Å². The summed E-state index contributed by atoms with van der Waals surface area (Å²) in [4.78, 5) is 16.6. The van der Waals surface area contributed by atoms with Gasteiger partial charge in [0.25, 0.3) is 0 Å². The average Bonchev–Trinajstić information content (AvgIpc) is 3.15. The standard InChI is InChI=1S/C21H15NO3/c23-21(18-12-6-10-15-7-4-5-11-17(15)18)24-14-20-22-13-19(25-20)16-8-2-1-3-9-16/h1-13H,14H2. The van der Waals surface area contributed by atoms with E-state index >= 15 is 0 Å². The van der Waals surface area contributed by atoms with E-state index in [2.05, 4.69) is 4.98 Å². The van der Waals surface area contributed by atoms with E-state index in [-0.39, 0.29) is 6.61 Å². The summed E-state index contributed by atoms with van der Waals surface area (Å²) < 4.78 is 11.0. The quantitative estimate of drug-likeness (QED) is 0.502. The SMILES string of the molecule is O=C(OCc1ncc(-c2ccccc2)o1)c1cccc2ccccc12. The molecule has 4 nitrogen and oxygen atoms in total. The van der Waals surface area contributed by atoms with E-state index < -0.39 is 5.97 Å². The molecule has 122 valence electrons. The Bertz CT molecular complexity index is 1020. The van der Waals surface area contributed by atoms with Gasteiger partial charge in [-0.3, -0.25) is 0 Å². The van der Waals surface area contributed by atoms with Crippen LogP contribution in [-0.2, 0) is 11.3 Å². The monoisotopic (exact) mass is 329 g/mol. The molecule has 0 bridgehead atoms. The molecule has 0 N–H and O–H groups in total. The Hall–Kier alpha value is -3.40. The van der Waals surface area contributed by atoms with E-state index in [1.165, 1.54) is 0 Å². The Labute approximate surface area is 144 Å². The first-order chi connectivity index (χ1) is 12.3. The van der Waals surface area contributed by atoms with Gasteiger partial charge in [-0.05, 0) is 16.8 Å². The third-order valence-corrected chi connectivity index (χ3v) is 3.95. The summed E-state index contributed by atoms with van der Waals surface area (Å²) in [7, 11) is 0. The number of oxazole rings is 1. The Kier molecular flexibility index (Phi) is 4.01. The first-order valence-corrected chi connectivity index (χ1v) is 7.96. The highest BCUT2D eigenvalue weighted by Gasteiger charge is 2.13. The molecule has 1 aromatic heterocycles. The first-order valence-electron chi connectivity index (χ1n) is 7.96. The van der Waals surface area contributed by atoms with Crippen LogP contribution in [0, 0.1) is 0 Å². The van der Waals surface area contributed by atoms with E-state index in [1.54, 1.807) is 12.3 Å². The zero-order chi connectivity index (χ0) is 17.1. The number of nitrogens with zero attached hydrogens (tertiary/aromatic N) is 1. The van der Waals surface area contributed by atoms with Crippen molar-refractivity contribution in [2.75, 3.05) is 0 Å². The maximum Gasteiger partial charge on any atom is 0.339 e. The van der Waals surface area contributed by atoms with Gasteiger partial charge in [-0.1, -0.05) is 66.7 Å². The van der Waals surface area contributed by atoms with Crippen LogP contribution in [0.5, 0.6) is 0 Å². The summed E-state index contributed by atoms with van der Waals surface area (Å²) in [5, 5.41) is 1.87. The molecule has 0 unspecified atom stereocenters. The number of aromatic nitrogens is 1. The molecule has 0 fully saturated rings. The van der Waals surface area contributed by atoms with Crippen LogP contribution in [0.25, 0.3) is 22.1 Å². The van der Waals surface area contributed by atoms with Crippen LogP contribution >= 0.6 is 0 Å². The predicted octanol–water partition coefficient (Wildman–Crippen LogP) is 4.85. The number of esters is 1. The number of carbonyl (C=O) groups is 1. The molecular formula is C21H15NO3. The van der Waals surface area contributed by atoms with E-state index in [1.807, 2.05) is 66.7 Å². The minimum atomic E-state index is -0.392. The van der Waals surface area contributed by atoms with Crippen LogP contribution in [0.2, 0.25) is 0 Å². The maximum atomic E-state index is 12.4. The molecular weight excluding hydrogens is 314 g/mol. The Morgan fingerprint density at radius 2 is 1.68 bits per heavy atom. The average molecular weight is 329 g/mol. The second-order valence-corrected chi connectivity index (χ2v) is 5.59. The van der Waals surface area contributed by atoms with Gasteiger partial charge in [-0.15, -0.1) is 0 Å². The largest absolute Gasteiger partial charge is 0.452 e. The molecule has 0 aliphatic rings. The lowest BCUT2D eigenvalue weighted by molar-refractivity contribution is 0.0441. The van der Waals surface area contributed by atoms with Crippen molar-refractivity contribution in [3.63, 3.8) is 0 Å². The number of hydrogen-bond acceptors (Lipinski definition) is 4. The molecule has 0 aliphatic carbocycles. The van der Waals surface area contributed by atoms with Gasteiger partial charge in [0.2, 0.25) is 5.89 Å². The van der Waals surface area contributed by atoms with Crippen molar-refractivity contribution >= 4 is 16.7 Å². The zero-order valence-electron chi connectivity index (χ0n) is 13.4. The van der Waals surface area contributed by atoms with Gasteiger partial charge in [0.15, 0.2) is 12.4 Å². The highest BCUT2D eigenvalue weighted by atomic mass is 16.5. The van der Waals surface area contributed by atoms with Gasteiger partial charge in [-0.2, -0.15) is 0 Å². The molecule has 0 saturated heterocycles. The van der Waals surface area contributed by atoms with Gasteiger partial charge in [0, 0.05) is 5.56 Å². The third-order valence-electron chi connectivity index (χ3n) is 3.95. The van der Waals surface area contributed by atoms with E-state index in [0.717, 1.165) is 16.3 Å². The molecule has 25 heavy (non-hydrogen) atoms. The van der Waals surface area contributed by atoms with Crippen LogP contribution < -0.4 is 0 Å². The summed E-state index contributed by atoms with van der Waals surface area (Å²) in [6, 6.07) is 23.0. The maximum absolute atomic E-state index is 12.4. The molecule has 0 atom stereocenters. The van der Waals surface area contributed by atoms with Gasteiger partial charge in [0.1, 0.15) is 0 Å². The molecule has 4 rings (SSSR count). The molecule has 0 saturated carbocycles. The minimum absolute atomic E-state index is 0.00507. The fourth-order valence-electron chi connectivity index (χ4n) is 2.72. The Balaban J connectivity index is 1.50. The molecule has 0 amide bonds. The molecule has 0 radical (unpaired) electrons.